The molecule has 158 valence electrons. The van der Waals surface area contributed by atoms with E-state index < -0.39 is 0 Å². The van der Waals surface area contributed by atoms with Crippen LogP contribution < -0.4 is 19.7 Å². The smallest absolute Gasteiger partial charge is 0.275 e. The fourth-order valence-corrected chi connectivity index (χ4v) is 4.55. The SMILES string of the molecule is COc1ccc([C@@H]2CCC[NH+]2CC(=O)NCCc2c[nH]c3ccccc23)c(OC)c1. The third-order valence-electron chi connectivity index (χ3n) is 6.08. The van der Waals surface area contributed by atoms with Crippen LogP contribution in [0.5, 0.6) is 11.5 Å². The summed E-state index contributed by atoms with van der Waals surface area (Å²) in [6.07, 6.45) is 5.02. The number of methoxy groups -OCH3 is 2. The Kier molecular flexibility index (Phi) is 6.23. The van der Waals surface area contributed by atoms with E-state index in [9.17, 15) is 4.79 Å². The first-order valence-corrected chi connectivity index (χ1v) is 10.6. The zero-order valence-corrected chi connectivity index (χ0v) is 17.7. The van der Waals surface area contributed by atoms with E-state index in [0.29, 0.717) is 13.1 Å². The summed E-state index contributed by atoms with van der Waals surface area (Å²) >= 11 is 0. The zero-order chi connectivity index (χ0) is 20.9. The Morgan fingerprint density at radius 1 is 1.20 bits per heavy atom. The number of carbonyl (C=O) groups excluding carboxylic acids is 1. The number of benzene rings is 2. The van der Waals surface area contributed by atoms with Crippen LogP contribution in [0.4, 0.5) is 0 Å². The van der Waals surface area contributed by atoms with Crippen LogP contribution in [-0.2, 0) is 11.2 Å². The molecule has 3 aromatic rings. The van der Waals surface area contributed by atoms with Crippen molar-refractivity contribution in [1.29, 1.82) is 0 Å². The largest absolute Gasteiger partial charge is 0.497 e. The summed E-state index contributed by atoms with van der Waals surface area (Å²) in [5.74, 6) is 1.72. The number of rotatable bonds is 8. The first-order valence-electron chi connectivity index (χ1n) is 10.6. The van der Waals surface area contributed by atoms with Crippen molar-refractivity contribution in [1.82, 2.24) is 10.3 Å². The molecule has 0 bridgehead atoms. The molecule has 1 saturated heterocycles. The Morgan fingerprint density at radius 3 is 2.90 bits per heavy atom. The van der Waals surface area contributed by atoms with Gasteiger partial charge in [-0.05, 0) is 30.2 Å². The monoisotopic (exact) mass is 408 g/mol. The van der Waals surface area contributed by atoms with Gasteiger partial charge in [0.1, 0.15) is 17.5 Å². The minimum Gasteiger partial charge on any atom is -0.497 e. The minimum absolute atomic E-state index is 0.101. The first-order chi connectivity index (χ1) is 14.7. The fourth-order valence-electron chi connectivity index (χ4n) is 4.55. The number of quaternary nitrogens is 1. The lowest BCUT2D eigenvalue weighted by Gasteiger charge is -2.23. The molecule has 1 fully saturated rings. The maximum Gasteiger partial charge on any atom is 0.275 e. The fraction of sp³-hybridized carbons (Fsp3) is 0.375. The summed E-state index contributed by atoms with van der Waals surface area (Å²) in [6.45, 7) is 2.12. The van der Waals surface area contributed by atoms with E-state index in [4.69, 9.17) is 9.47 Å². The molecular formula is C24H30N3O3+. The highest BCUT2D eigenvalue weighted by Gasteiger charge is 2.33. The highest BCUT2D eigenvalue weighted by Crippen LogP contribution is 2.31. The summed E-state index contributed by atoms with van der Waals surface area (Å²) in [5, 5.41) is 4.33. The lowest BCUT2D eigenvalue weighted by molar-refractivity contribution is -0.910. The number of ether oxygens (including phenoxy) is 2. The molecule has 6 heteroatoms. The van der Waals surface area contributed by atoms with E-state index in [0.717, 1.165) is 48.4 Å². The normalized spacial score (nSPS) is 18.5. The average molecular weight is 409 g/mol. The minimum atomic E-state index is 0.101. The Hall–Kier alpha value is -2.99. The van der Waals surface area contributed by atoms with Crippen LogP contribution >= 0.6 is 0 Å². The molecule has 4 rings (SSSR count). The molecule has 3 N–H and O–H groups in total. The highest BCUT2D eigenvalue weighted by molar-refractivity contribution is 5.83. The number of para-hydroxylation sites is 1. The van der Waals surface area contributed by atoms with E-state index in [1.165, 1.54) is 15.8 Å². The quantitative estimate of drug-likeness (QED) is 0.536. The van der Waals surface area contributed by atoms with Gasteiger partial charge in [-0.1, -0.05) is 18.2 Å². The van der Waals surface area contributed by atoms with Crippen LogP contribution in [0.25, 0.3) is 10.9 Å². The third kappa shape index (κ3) is 4.28. The van der Waals surface area contributed by atoms with Crippen LogP contribution in [0, 0.1) is 0 Å². The van der Waals surface area contributed by atoms with Gasteiger partial charge in [0, 0.05) is 42.6 Å². The molecular weight excluding hydrogens is 378 g/mol. The van der Waals surface area contributed by atoms with Gasteiger partial charge in [0.25, 0.3) is 5.91 Å². The van der Waals surface area contributed by atoms with E-state index in [1.54, 1.807) is 14.2 Å². The predicted octanol–water partition coefficient (Wildman–Crippen LogP) is 2.26. The predicted molar refractivity (Wildman–Crippen MR) is 117 cm³/mol. The topological polar surface area (TPSA) is 67.8 Å². The van der Waals surface area contributed by atoms with Gasteiger partial charge in [-0.15, -0.1) is 0 Å². The second-order valence-corrected chi connectivity index (χ2v) is 7.85. The molecule has 0 radical (unpaired) electrons. The van der Waals surface area contributed by atoms with E-state index in [1.807, 2.05) is 30.5 Å². The van der Waals surface area contributed by atoms with Gasteiger partial charge in [-0.3, -0.25) is 4.79 Å². The number of hydrogen-bond donors (Lipinski definition) is 3. The molecule has 1 aliphatic rings. The molecule has 0 saturated carbocycles. The number of fused-ring (bicyclic) bond motifs is 1. The third-order valence-corrected chi connectivity index (χ3v) is 6.08. The van der Waals surface area contributed by atoms with Gasteiger partial charge in [-0.25, -0.2) is 0 Å². The van der Waals surface area contributed by atoms with Gasteiger partial charge in [0.15, 0.2) is 6.54 Å². The molecule has 1 aliphatic heterocycles. The Labute approximate surface area is 177 Å². The molecule has 6 nitrogen and oxygen atoms in total. The van der Waals surface area contributed by atoms with Gasteiger partial charge >= 0.3 is 0 Å². The van der Waals surface area contributed by atoms with E-state index in [-0.39, 0.29) is 11.9 Å². The molecule has 2 heterocycles. The lowest BCUT2D eigenvalue weighted by atomic mass is 10.0. The Bertz CT molecular complexity index is 1010. The second-order valence-electron chi connectivity index (χ2n) is 7.85. The van der Waals surface area contributed by atoms with Gasteiger partial charge < -0.3 is 24.7 Å². The molecule has 1 aromatic heterocycles. The molecule has 0 aliphatic carbocycles. The Balaban J connectivity index is 1.34. The summed E-state index contributed by atoms with van der Waals surface area (Å²) < 4.78 is 10.9. The summed E-state index contributed by atoms with van der Waals surface area (Å²) in [6, 6.07) is 14.5. The van der Waals surface area contributed by atoms with E-state index in [2.05, 4.69) is 28.5 Å². The number of carbonyl (C=O) groups is 1. The number of amides is 1. The molecule has 2 aromatic carbocycles. The number of hydrogen-bond acceptors (Lipinski definition) is 3. The zero-order valence-electron chi connectivity index (χ0n) is 17.7. The lowest BCUT2D eigenvalue weighted by Crippen LogP contribution is -3.11. The maximum atomic E-state index is 12.6. The number of H-pyrrole nitrogens is 1. The first kappa shape index (κ1) is 20.3. The van der Waals surface area contributed by atoms with Crippen LogP contribution in [-0.4, -0.2) is 44.7 Å². The van der Waals surface area contributed by atoms with Gasteiger partial charge in [0.2, 0.25) is 0 Å². The van der Waals surface area contributed by atoms with Gasteiger partial charge in [-0.2, -0.15) is 0 Å². The van der Waals surface area contributed by atoms with Crippen LogP contribution in [0.15, 0.2) is 48.7 Å². The van der Waals surface area contributed by atoms with Crippen molar-refractivity contribution in [3.63, 3.8) is 0 Å². The van der Waals surface area contributed by atoms with Gasteiger partial charge in [0.05, 0.1) is 26.3 Å². The van der Waals surface area contributed by atoms with Crippen molar-refractivity contribution in [3.05, 3.63) is 59.8 Å². The van der Waals surface area contributed by atoms with E-state index >= 15 is 0 Å². The van der Waals surface area contributed by atoms with Crippen molar-refractivity contribution in [2.45, 2.75) is 25.3 Å². The van der Waals surface area contributed by atoms with Crippen molar-refractivity contribution < 1.29 is 19.2 Å². The summed E-state index contributed by atoms with van der Waals surface area (Å²) in [5.41, 5.74) is 3.52. The van der Waals surface area contributed by atoms with Crippen LogP contribution in [0.3, 0.4) is 0 Å². The molecule has 2 atom stereocenters. The highest BCUT2D eigenvalue weighted by atomic mass is 16.5. The van der Waals surface area contributed by atoms with Crippen LogP contribution in [0.1, 0.15) is 30.0 Å². The standard InChI is InChI=1S/C24H29N3O3/c1-29-18-9-10-20(23(14-18)30-2)22-8-5-13-27(22)16-24(28)25-12-11-17-15-26-21-7-4-3-6-19(17)21/h3-4,6-7,9-10,14-15,22,26H,5,8,11-13,16H2,1-2H3,(H,25,28)/p+1/t22-/m0/s1. The molecule has 1 amide bonds. The molecule has 0 spiro atoms. The average Bonchev–Trinajstić information content (AvgIpc) is 3.40. The number of nitrogens with one attached hydrogen (secondary N) is 3. The Morgan fingerprint density at radius 2 is 2.07 bits per heavy atom. The number of aromatic nitrogens is 1. The number of aromatic amines is 1. The maximum absolute atomic E-state index is 12.6. The van der Waals surface area contributed by atoms with Crippen molar-refractivity contribution in [3.8, 4) is 11.5 Å². The van der Waals surface area contributed by atoms with Crippen molar-refractivity contribution >= 4 is 16.8 Å². The van der Waals surface area contributed by atoms with Crippen molar-refractivity contribution in [2.24, 2.45) is 0 Å². The van der Waals surface area contributed by atoms with Crippen molar-refractivity contribution in [2.75, 3.05) is 33.9 Å². The second kappa shape index (κ2) is 9.22. The molecule has 30 heavy (non-hydrogen) atoms. The summed E-state index contributed by atoms with van der Waals surface area (Å²) in [7, 11) is 3.34. The van der Waals surface area contributed by atoms with Crippen LogP contribution in [0.2, 0.25) is 0 Å². The summed E-state index contributed by atoms with van der Waals surface area (Å²) in [4.78, 5) is 17.2. The number of likely N-dealkylation sites (tertiary alicyclic amines) is 1. The molecule has 1 unspecified atom stereocenters.